The zero-order valence-corrected chi connectivity index (χ0v) is 9.77. The molecule has 0 saturated carbocycles. The topological polar surface area (TPSA) is 28.7 Å². The fourth-order valence-electron chi connectivity index (χ4n) is 1.58. The van der Waals surface area contributed by atoms with E-state index in [1.54, 1.807) is 11.8 Å². The zero-order chi connectivity index (χ0) is 10.7. The van der Waals surface area contributed by atoms with Gasteiger partial charge in [0.25, 0.3) is 0 Å². The van der Waals surface area contributed by atoms with Crippen molar-refractivity contribution in [3.8, 4) is 0 Å². The molecule has 15 heavy (non-hydrogen) atoms. The molecule has 0 atom stereocenters. The van der Waals surface area contributed by atoms with Gasteiger partial charge in [0, 0.05) is 16.5 Å². The molecule has 0 aliphatic heterocycles. The molecule has 2 heterocycles. The lowest BCUT2D eigenvalue weighted by molar-refractivity contribution is 1.22. The van der Waals surface area contributed by atoms with E-state index in [4.69, 9.17) is 0 Å². The summed E-state index contributed by atoms with van der Waals surface area (Å²) in [5.41, 5.74) is 2.13. The monoisotopic (exact) mass is 218 g/mol. The van der Waals surface area contributed by atoms with Crippen molar-refractivity contribution < 1.29 is 0 Å². The van der Waals surface area contributed by atoms with Gasteiger partial charge in [-0.1, -0.05) is 13.0 Å². The third-order valence-corrected chi connectivity index (χ3v) is 3.09. The van der Waals surface area contributed by atoms with Crippen molar-refractivity contribution in [3.63, 3.8) is 0 Å². The van der Waals surface area contributed by atoms with Crippen molar-refractivity contribution in [2.24, 2.45) is 0 Å². The highest BCUT2D eigenvalue weighted by atomic mass is 32.2. The average Bonchev–Trinajstić information content (AvgIpc) is 2.69. The van der Waals surface area contributed by atoms with Crippen LogP contribution in [0.4, 0.5) is 0 Å². The molecule has 3 heteroatoms. The minimum absolute atomic E-state index is 0.962. The third-order valence-electron chi connectivity index (χ3n) is 2.27. The highest BCUT2D eigenvalue weighted by Crippen LogP contribution is 2.27. The lowest BCUT2D eigenvalue weighted by Gasteiger charge is -1.99. The van der Waals surface area contributed by atoms with Gasteiger partial charge in [-0.25, -0.2) is 4.98 Å². The van der Waals surface area contributed by atoms with Crippen molar-refractivity contribution in [2.45, 2.75) is 13.3 Å². The molecule has 2 nitrogen and oxygen atoms in total. The molecular formula is C12H14N2S. The highest BCUT2D eigenvalue weighted by Gasteiger charge is 2.04. The van der Waals surface area contributed by atoms with Crippen LogP contribution in [0.1, 0.15) is 19.0 Å². The molecule has 0 aromatic carbocycles. The molecule has 0 fully saturated rings. The zero-order valence-electron chi connectivity index (χ0n) is 8.95. The normalized spacial score (nSPS) is 12.3. The third kappa shape index (κ3) is 2.07. The molecule has 0 spiro atoms. The lowest BCUT2D eigenvalue weighted by Crippen LogP contribution is -1.79. The van der Waals surface area contributed by atoms with Crippen LogP contribution < -0.4 is 0 Å². The number of pyridine rings is 1. The van der Waals surface area contributed by atoms with E-state index >= 15 is 0 Å². The Balaban J connectivity index is 2.48. The molecule has 0 amide bonds. The van der Waals surface area contributed by atoms with E-state index in [9.17, 15) is 0 Å². The predicted molar refractivity (Wildman–Crippen MR) is 67.9 cm³/mol. The molecular weight excluding hydrogens is 204 g/mol. The van der Waals surface area contributed by atoms with E-state index in [0.29, 0.717) is 0 Å². The van der Waals surface area contributed by atoms with Gasteiger partial charge in [0.05, 0.1) is 5.69 Å². The summed E-state index contributed by atoms with van der Waals surface area (Å²) in [5.74, 6) is 0. The van der Waals surface area contributed by atoms with Crippen LogP contribution in [-0.4, -0.2) is 16.2 Å². The minimum Gasteiger partial charge on any atom is -0.339 e. The maximum absolute atomic E-state index is 4.29. The number of H-pyrrole nitrogens is 1. The van der Waals surface area contributed by atoms with Crippen LogP contribution >= 0.6 is 11.8 Å². The minimum atomic E-state index is 0.962. The number of nitrogens with zero attached hydrogens (tertiary/aromatic N) is 1. The van der Waals surface area contributed by atoms with Gasteiger partial charge in [-0.2, -0.15) is 0 Å². The summed E-state index contributed by atoms with van der Waals surface area (Å²) in [4.78, 5) is 8.91. The van der Waals surface area contributed by atoms with Gasteiger partial charge in [0.15, 0.2) is 0 Å². The molecule has 1 N–H and O–H groups in total. The molecule has 0 bridgehead atoms. The quantitative estimate of drug-likeness (QED) is 0.851. The first-order valence-electron chi connectivity index (χ1n) is 5.03. The standard InChI is InChI=1S/C12H14N2S/c1-3-5-11(15-2)10-8-9-6-4-7-13-12(9)14-10/h4-8H,3H2,1-2H3,(H,13,14)/b11-5-. The van der Waals surface area contributed by atoms with E-state index in [2.05, 4.69) is 41.4 Å². The molecule has 78 valence electrons. The van der Waals surface area contributed by atoms with E-state index < -0.39 is 0 Å². The summed E-state index contributed by atoms with van der Waals surface area (Å²) >= 11 is 1.76. The van der Waals surface area contributed by atoms with Gasteiger partial charge < -0.3 is 4.98 Å². The van der Waals surface area contributed by atoms with Crippen LogP contribution in [0.3, 0.4) is 0 Å². The van der Waals surface area contributed by atoms with Gasteiger partial charge in [-0.05, 0) is 30.9 Å². The molecule has 2 aromatic heterocycles. The van der Waals surface area contributed by atoms with Crippen LogP contribution in [-0.2, 0) is 0 Å². The Bertz CT molecular complexity index is 452. The van der Waals surface area contributed by atoms with E-state index in [1.165, 1.54) is 10.3 Å². The maximum Gasteiger partial charge on any atom is 0.137 e. The van der Waals surface area contributed by atoms with Crippen molar-refractivity contribution in [1.82, 2.24) is 9.97 Å². The molecule has 0 unspecified atom stereocenters. The second-order valence-electron chi connectivity index (χ2n) is 3.30. The first kappa shape index (κ1) is 10.3. The number of hydrogen-bond acceptors (Lipinski definition) is 2. The van der Waals surface area contributed by atoms with Gasteiger partial charge in [-0.15, -0.1) is 11.8 Å². The number of hydrogen-bond donors (Lipinski definition) is 1. The smallest absolute Gasteiger partial charge is 0.137 e. The molecule has 0 aliphatic carbocycles. The summed E-state index contributed by atoms with van der Waals surface area (Å²) in [6, 6.07) is 6.19. The average molecular weight is 218 g/mol. The maximum atomic E-state index is 4.29. The SMILES string of the molecule is CC/C=C(\SC)c1cc2cccnc2[nH]1. The number of aromatic nitrogens is 2. The first-order valence-corrected chi connectivity index (χ1v) is 6.26. The number of allylic oxidation sites excluding steroid dienone is 1. The van der Waals surface area contributed by atoms with Crippen molar-refractivity contribution in [1.29, 1.82) is 0 Å². The Morgan fingerprint density at radius 1 is 1.60 bits per heavy atom. The van der Waals surface area contributed by atoms with Crippen LogP contribution in [0.25, 0.3) is 15.9 Å². The summed E-state index contributed by atoms with van der Waals surface area (Å²) in [5, 5.41) is 1.17. The second-order valence-corrected chi connectivity index (χ2v) is 4.15. The number of rotatable bonds is 3. The van der Waals surface area contributed by atoms with Crippen molar-refractivity contribution >= 4 is 27.7 Å². The Morgan fingerprint density at radius 3 is 3.13 bits per heavy atom. The summed E-state index contributed by atoms with van der Waals surface area (Å²) in [6.45, 7) is 2.15. The Morgan fingerprint density at radius 2 is 2.47 bits per heavy atom. The highest BCUT2D eigenvalue weighted by molar-refractivity contribution is 8.07. The molecule has 0 saturated heterocycles. The lowest BCUT2D eigenvalue weighted by atomic mass is 10.3. The van der Waals surface area contributed by atoms with Crippen LogP contribution in [0, 0.1) is 0 Å². The molecule has 0 aliphatic rings. The van der Waals surface area contributed by atoms with Gasteiger partial charge in [0.2, 0.25) is 0 Å². The predicted octanol–water partition coefficient (Wildman–Crippen LogP) is 3.68. The van der Waals surface area contributed by atoms with Gasteiger partial charge in [0.1, 0.15) is 5.65 Å². The molecule has 2 aromatic rings. The Labute approximate surface area is 93.8 Å². The summed E-state index contributed by atoms with van der Waals surface area (Å²) < 4.78 is 0. The first-order chi connectivity index (χ1) is 7.35. The number of nitrogens with one attached hydrogen (secondary N) is 1. The Hall–Kier alpha value is -1.22. The van der Waals surface area contributed by atoms with Crippen LogP contribution in [0.2, 0.25) is 0 Å². The summed E-state index contributed by atoms with van der Waals surface area (Å²) in [7, 11) is 0. The number of fused-ring (bicyclic) bond motifs is 1. The summed E-state index contributed by atoms with van der Waals surface area (Å²) in [6.07, 6.45) is 7.19. The molecule has 2 rings (SSSR count). The van der Waals surface area contributed by atoms with Crippen molar-refractivity contribution in [2.75, 3.05) is 6.26 Å². The second kappa shape index (κ2) is 4.53. The van der Waals surface area contributed by atoms with E-state index in [1.807, 2.05) is 12.3 Å². The number of aromatic amines is 1. The Kier molecular flexibility index (Phi) is 3.11. The van der Waals surface area contributed by atoms with Gasteiger partial charge in [-0.3, -0.25) is 0 Å². The molecule has 0 radical (unpaired) electrons. The largest absolute Gasteiger partial charge is 0.339 e. The number of thioether (sulfide) groups is 1. The fraction of sp³-hybridized carbons (Fsp3) is 0.250. The van der Waals surface area contributed by atoms with E-state index in [0.717, 1.165) is 17.8 Å². The van der Waals surface area contributed by atoms with Crippen LogP contribution in [0.5, 0.6) is 0 Å². The van der Waals surface area contributed by atoms with Crippen LogP contribution in [0.15, 0.2) is 30.5 Å². The van der Waals surface area contributed by atoms with Crippen molar-refractivity contribution in [3.05, 3.63) is 36.2 Å². The van der Waals surface area contributed by atoms with Gasteiger partial charge >= 0.3 is 0 Å². The van der Waals surface area contributed by atoms with E-state index in [-0.39, 0.29) is 0 Å². The fourth-order valence-corrected chi connectivity index (χ4v) is 2.24.